The highest BCUT2D eigenvalue weighted by molar-refractivity contribution is 5.94. The van der Waals surface area contributed by atoms with Crippen molar-refractivity contribution in [2.24, 2.45) is 0 Å². The second-order valence-corrected chi connectivity index (χ2v) is 4.44. The van der Waals surface area contributed by atoms with Crippen molar-refractivity contribution < 1.29 is 13.9 Å². The number of nitriles is 1. The quantitative estimate of drug-likeness (QED) is 0.883. The summed E-state index contributed by atoms with van der Waals surface area (Å²) in [5.74, 6) is 4.83. The van der Waals surface area contributed by atoms with Gasteiger partial charge in [0.25, 0.3) is 5.91 Å². The molecule has 0 aliphatic heterocycles. The minimum absolute atomic E-state index is 0.0354. The van der Waals surface area contributed by atoms with E-state index in [0.29, 0.717) is 11.1 Å². The Morgan fingerprint density at radius 1 is 1.13 bits per heavy atom. The number of para-hydroxylation sites is 1. The summed E-state index contributed by atoms with van der Waals surface area (Å²) in [6.45, 7) is 0.188. The third-order valence-corrected chi connectivity index (χ3v) is 2.88. The molecule has 0 spiro atoms. The van der Waals surface area contributed by atoms with Crippen LogP contribution in [-0.2, 0) is 0 Å². The number of rotatable bonds is 4. The van der Waals surface area contributed by atoms with E-state index < -0.39 is 5.82 Å². The number of hydrogen-bond acceptors (Lipinski definition) is 3. The van der Waals surface area contributed by atoms with Crippen LogP contribution in [0.15, 0.2) is 48.5 Å². The van der Waals surface area contributed by atoms with Crippen LogP contribution in [0.1, 0.15) is 15.9 Å². The van der Waals surface area contributed by atoms with Gasteiger partial charge in [-0.15, -0.1) is 0 Å². The zero-order valence-electron chi connectivity index (χ0n) is 12.2. The van der Waals surface area contributed by atoms with E-state index in [9.17, 15) is 9.18 Å². The lowest BCUT2D eigenvalue weighted by Crippen LogP contribution is -2.23. The Hall–Kier alpha value is -3.31. The topological polar surface area (TPSA) is 62.1 Å². The molecular formula is C18H13FN2O2. The molecule has 0 saturated carbocycles. The SMILES string of the molecule is N#Cc1ccc(C(=O)NCC#CCOc2ccccc2F)cc1. The van der Waals surface area contributed by atoms with Gasteiger partial charge < -0.3 is 10.1 Å². The van der Waals surface area contributed by atoms with Crippen LogP contribution in [0, 0.1) is 29.0 Å². The number of nitrogens with one attached hydrogen (secondary N) is 1. The van der Waals surface area contributed by atoms with Crippen molar-refractivity contribution in [3.05, 3.63) is 65.5 Å². The maximum absolute atomic E-state index is 13.3. The zero-order valence-corrected chi connectivity index (χ0v) is 12.2. The van der Waals surface area contributed by atoms with Crippen molar-refractivity contribution >= 4 is 5.91 Å². The molecular weight excluding hydrogens is 295 g/mol. The zero-order chi connectivity index (χ0) is 16.5. The van der Waals surface area contributed by atoms with Gasteiger partial charge in [0.05, 0.1) is 18.2 Å². The number of nitrogens with zero attached hydrogens (tertiary/aromatic N) is 1. The molecule has 4 nitrogen and oxygen atoms in total. The molecule has 0 heterocycles. The number of ether oxygens (including phenoxy) is 1. The van der Waals surface area contributed by atoms with Crippen LogP contribution in [0.5, 0.6) is 5.75 Å². The number of halogens is 1. The Morgan fingerprint density at radius 3 is 2.57 bits per heavy atom. The smallest absolute Gasteiger partial charge is 0.252 e. The Labute approximate surface area is 133 Å². The standard InChI is InChI=1S/C18H13FN2O2/c19-16-5-1-2-6-17(16)23-12-4-3-11-21-18(22)15-9-7-14(13-20)8-10-15/h1-2,5-10H,11-12H2,(H,21,22). The van der Waals surface area contributed by atoms with E-state index in [1.54, 1.807) is 36.4 Å². The van der Waals surface area contributed by atoms with Crippen molar-refractivity contribution in [3.63, 3.8) is 0 Å². The summed E-state index contributed by atoms with van der Waals surface area (Å²) >= 11 is 0. The fourth-order valence-electron chi connectivity index (χ4n) is 1.71. The largest absolute Gasteiger partial charge is 0.478 e. The van der Waals surface area contributed by atoms with Gasteiger partial charge in [-0.1, -0.05) is 24.0 Å². The van der Waals surface area contributed by atoms with Gasteiger partial charge in [-0.3, -0.25) is 4.79 Å². The van der Waals surface area contributed by atoms with Gasteiger partial charge in [-0.05, 0) is 36.4 Å². The molecule has 0 aliphatic rings. The van der Waals surface area contributed by atoms with Gasteiger partial charge in [0.15, 0.2) is 11.6 Å². The summed E-state index contributed by atoms with van der Waals surface area (Å²) in [5.41, 5.74) is 0.944. The second kappa shape index (κ2) is 8.21. The molecule has 0 unspecified atom stereocenters. The molecule has 2 aromatic carbocycles. The fourth-order valence-corrected chi connectivity index (χ4v) is 1.71. The van der Waals surface area contributed by atoms with Crippen LogP contribution >= 0.6 is 0 Å². The molecule has 5 heteroatoms. The van der Waals surface area contributed by atoms with Gasteiger partial charge in [-0.25, -0.2) is 4.39 Å². The molecule has 0 radical (unpaired) electrons. The minimum Gasteiger partial charge on any atom is -0.478 e. The molecule has 0 aliphatic carbocycles. The van der Waals surface area contributed by atoms with E-state index in [-0.39, 0.29) is 24.8 Å². The number of carbonyl (C=O) groups excluding carboxylic acids is 1. The first-order valence-corrected chi connectivity index (χ1v) is 6.82. The predicted molar refractivity (Wildman–Crippen MR) is 83.2 cm³/mol. The van der Waals surface area contributed by atoms with Crippen molar-refractivity contribution in [2.75, 3.05) is 13.2 Å². The third kappa shape index (κ3) is 4.87. The van der Waals surface area contributed by atoms with Gasteiger partial charge in [-0.2, -0.15) is 5.26 Å². The van der Waals surface area contributed by atoms with Crippen LogP contribution in [0.3, 0.4) is 0 Å². The van der Waals surface area contributed by atoms with Crippen LogP contribution in [0.2, 0.25) is 0 Å². The molecule has 1 amide bonds. The molecule has 0 bridgehead atoms. The molecule has 0 aromatic heterocycles. The van der Waals surface area contributed by atoms with Gasteiger partial charge in [0, 0.05) is 5.56 Å². The van der Waals surface area contributed by atoms with Crippen molar-refractivity contribution in [2.45, 2.75) is 0 Å². The Bertz CT molecular complexity index is 783. The summed E-state index contributed by atoms with van der Waals surface area (Å²) in [6, 6.07) is 14.3. The van der Waals surface area contributed by atoms with Gasteiger partial charge >= 0.3 is 0 Å². The molecule has 2 aromatic rings. The van der Waals surface area contributed by atoms with Crippen LogP contribution in [0.25, 0.3) is 0 Å². The summed E-state index contributed by atoms with van der Waals surface area (Å²) < 4.78 is 18.4. The molecule has 2 rings (SSSR count). The van der Waals surface area contributed by atoms with E-state index in [4.69, 9.17) is 10.00 Å². The average molecular weight is 308 g/mol. The van der Waals surface area contributed by atoms with Crippen molar-refractivity contribution in [1.29, 1.82) is 5.26 Å². The molecule has 23 heavy (non-hydrogen) atoms. The Balaban J connectivity index is 1.76. The lowest BCUT2D eigenvalue weighted by Gasteiger charge is -2.02. The first-order valence-electron chi connectivity index (χ1n) is 6.82. The third-order valence-electron chi connectivity index (χ3n) is 2.88. The first kappa shape index (κ1) is 16.1. The number of amides is 1. The number of benzene rings is 2. The number of carbonyl (C=O) groups is 1. The van der Waals surface area contributed by atoms with Crippen molar-refractivity contribution in [3.8, 4) is 23.7 Å². The molecule has 0 fully saturated rings. The summed E-state index contributed by atoms with van der Waals surface area (Å²) in [4.78, 5) is 11.8. The number of hydrogen-bond donors (Lipinski definition) is 1. The lowest BCUT2D eigenvalue weighted by molar-refractivity contribution is 0.0958. The summed E-state index contributed by atoms with van der Waals surface area (Å²) in [7, 11) is 0. The van der Waals surface area contributed by atoms with Crippen molar-refractivity contribution in [1.82, 2.24) is 5.32 Å². The first-order chi connectivity index (χ1) is 11.2. The lowest BCUT2D eigenvalue weighted by atomic mass is 10.1. The normalized spacial score (nSPS) is 9.22. The molecule has 0 saturated heterocycles. The highest BCUT2D eigenvalue weighted by Crippen LogP contribution is 2.14. The van der Waals surface area contributed by atoms with Crippen LogP contribution in [-0.4, -0.2) is 19.1 Å². The Morgan fingerprint density at radius 2 is 1.87 bits per heavy atom. The van der Waals surface area contributed by atoms with Gasteiger partial charge in [0.1, 0.15) is 6.61 Å². The van der Waals surface area contributed by atoms with Crippen LogP contribution in [0.4, 0.5) is 4.39 Å². The van der Waals surface area contributed by atoms with E-state index in [2.05, 4.69) is 17.2 Å². The highest BCUT2D eigenvalue weighted by Gasteiger charge is 2.03. The van der Waals surface area contributed by atoms with Gasteiger partial charge in [0.2, 0.25) is 0 Å². The maximum atomic E-state index is 13.3. The highest BCUT2D eigenvalue weighted by atomic mass is 19.1. The monoisotopic (exact) mass is 308 g/mol. The van der Waals surface area contributed by atoms with E-state index in [1.807, 2.05) is 6.07 Å². The summed E-state index contributed by atoms with van der Waals surface area (Å²) in [5, 5.41) is 11.3. The minimum atomic E-state index is -0.441. The molecule has 114 valence electrons. The van der Waals surface area contributed by atoms with E-state index in [1.165, 1.54) is 12.1 Å². The summed E-state index contributed by atoms with van der Waals surface area (Å²) in [6.07, 6.45) is 0. The maximum Gasteiger partial charge on any atom is 0.252 e. The van der Waals surface area contributed by atoms with Crippen LogP contribution < -0.4 is 10.1 Å². The van der Waals surface area contributed by atoms with E-state index >= 15 is 0 Å². The fraction of sp³-hybridized carbons (Fsp3) is 0.111. The molecule has 0 atom stereocenters. The average Bonchev–Trinajstić information content (AvgIpc) is 2.59. The van der Waals surface area contributed by atoms with E-state index in [0.717, 1.165) is 0 Å². The molecule has 1 N–H and O–H groups in total. The second-order valence-electron chi connectivity index (χ2n) is 4.44. The Kier molecular flexibility index (Phi) is 5.74. The predicted octanol–water partition coefficient (Wildman–Crippen LogP) is 2.51.